The Kier molecular flexibility index (Phi) is 5.41. The molecule has 0 aliphatic heterocycles. The van der Waals surface area contributed by atoms with Gasteiger partial charge in [0.15, 0.2) is 0 Å². The first kappa shape index (κ1) is 17.5. The van der Waals surface area contributed by atoms with Crippen LogP contribution in [0, 0.1) is 5.92 Å². The van der Waals surface area contributed by atoms with Gasteiger partial charge in [-0.3, -0.25) is 4.79 Å². The lowest BCUT2D eigenvalue weighted by molar-refractivity contribution is -0.144. The highest BCUT2D eigenvalue weighted by Crippen LogP contribution is 2.41. The first-order valence-corrected chi connectivity index (χ1v) is 9.02. The van der Waals surface area contributed by atoms with Crippen LogP contribution in [0.25, 0.3) is 11.0 Å². The maximum atomic E-state index is 12.6. The molecule has 1 atom stereocenters. The summed E-state index contributed by atoms with van der Waals surface area (Å²) in [5.41, 5.74) is 0.0157. The van der Waals surface area contributed by atoms with E-state index in [9.17, 15) is 14.7 Å². The molecule has 0 spiro atoms. The normalized spacial score (nSPS) is 16.7. The molecule has 1 N–H and O–H groups in total. The predicted molar refractivity (Wildman–Crippen MR) is 94.7 cm³/mol. The average Bonchev–Trinajstić information content (AvgIpc) is 2.62. The van der Waals surface area contributed by atoms with Crippen LogP contribution in [0.1, 0.15) is 56.9 Å². The Hall–Kier alpha value is -2.30. The number of benzene rings is 1. The fourth-order valence-electron chi connectivity index (χ4n) is 3.92. The van der Waals surface area contributed by atoms with Gasteiger partial charge in [0.25, 0.3) is 0 Å². The number of fused-ring (bicyclic) bond motifs is 1. The van der Waals surface area contributed by atoms with E-state index in [1.165, 1.54) is 6.42 Å². The third kappa shape index (κ3) is 3.70. The maximum absolute atomic E-state index is 12.6. The summed E-state index contributed by atoms with van der Waals surface area (Å²) in [7, 11) is 0. The summed E-state index contributed by atoms with van der Waals surface area (Å²) in [4.78, 5) is 24.7. The number of hydrogen-bond donors (Lipinski definition) is 1. The van der Waals surface area contributed by atoms with Crippen LogP contribution in [0.5, 0.6) is 5.75 Å². The van der Waals surface area contributed by atoms with Crippen LogP contribution < -0.4 is 5.63 Å². The summed E-state index contributed by atoms with van der Waals surface area (Å²) in [5, 5.41) is 11.3. The third-order valence-corrected chi connectivity index (χ3v) is 5.10. The smallest absolute Gasteiger partial charge is 0.343 e. The summed E-state index contributed by atoms with van der Waals surface area (Å²) < 4.78 is 10.5. The lowest BCUT2D eigenvalue weighted by atomic mass is 9.75. The summed E-state index contributed by atoms with van der Waals surface area (Å²) >= 11 is 0. The monoisotopic (exact) mass is 344 g/mol. The van der Waals surface area contributed by atoms with Crippen LogP contribution in [-0.4, -0.2) is 17.7 Å². The van der Waals surface area contributed by atoms with Gasteiger partial charge in [0.05, 0.1) is 24.0 Å². The summed E-state index contributed by atoms with van der Waals surface area (Å²) in [6.07, 6.45) is 5.29. The number of para-hydroxylation sites is 1. The summed E-state index contributed by atoms with van der Waals surface area (Å²) in [6.45, 7) is 2.06. The van der Waals surface area contributed by atoms with Crippen molar-refractivity contribution in [1.82, 2.24) is 0 Å². The molecule has 1 unspecified atom stereocenters. The van der Waals surface area contributed by atoms with Gasteiger partial charge < -0.3 is 14.3 Å². The third-order valence-electron chi connectivity index (χ3n) is 5.10. The number of carbonyl (C=O) groups is 1. The number of ether oxygens (including phenoxy) is 1. The second-order valence-electron chi connectivity index (χ2n) is 6.66. The molecule has 2 aromatic rings. The van der Waals surface area contributed by atoms with Gasteiger partial charge in [0, 0.05) is 5.92 Å². The molecule has 0 bridgehead atoms. The van der Waals surface area contributed by atoms with E-state index < -0.39 is 5.63 Å². The van der Waals surface area contributed by atoms with Crippen molar-refractivity contribution in [3.05, 3.63) is 40.2 Å². The predicted octanol–water partition coefficient (Wildman–Crippen LogP) is 4.12. The highest BCUT2D eigenvalue weighted by atomic mass is 16.5. The van der Waals surface area contributed by atoms with Crippen molar-refractivity contribution >= 4 is 16.9 Å². The molecule has 134 valence electrons. The van der Waals surface area contributed by atoms with Crippen LogP contribution >= 0.6 is 0 Å². The van der Waals surface area contributed by atoms with Crippen LogP contribution in [0.2, 0.25) is 0 Å². The molecule has 5 heteroatoms. The summed E-state index contributed by atoms with van der Waals surface area (Å²) in [5.74, 6) is -0.606. The Morgan fingerprint density at radius 2 is 2.00 bits per heavy atom. The van der Waals surface area contributed by atoms with Crippen LogP contribution in [0.15, 0.2) is 33.5 Å². The maximum Gasteiger partial charge on any atom is 0.343 e. The molecule has 0 amide bonds. The van der Waals surface area contributed by atoms with Crippen molar-refractivity contribution in [3.63, 3.8) is 0 Å². The lowest BCUT2D eigenvalue weighted by Gasteiger charge is -2.29. The number of aromatic hydroxyl groups is 1. The zero-order chi connectivity index (χ0) is 17.8. The molecule has 1 aliphatic rings. The van der Waals surface area contributed by atoms with Crippen LogP contribution in [-0.2, 0) is 9.53 Å². The molecule has 1 aromatic carbocycles. The molecule has 1 fully saturated rings. The number of rotatable bonds is 5. The van der Waals surface area contributed by atoms with Gasteiger partial charge >= 0.3 is 11.6 Å². The Balaban J connectivity index is 2.06. The average molecular weight is 344 g/mol. The highest BCUT2D eigenvalue weighted by Gasteiger charge is 2.33. The van der Waals surface area contributed by atoms with Gasteiger partial charge in [0.1, 0.15) is 11.3 Å². The van der Waals surface area contributed by atoms with E-state index in [2.05, 4.69) is 0 Å². The first-order chi connectivity index (χ1) is 12.1. The molecular formula is C20H24O5. The molecule has 5 nitrogen and oxygen atoms in total. The molecule has 1 heterocycles. The van der Waals surface area contributed by atoms with Crippen LogP contribution in [0.4, 0.5) is 0 Å². The molecule has 1 aromatic heterocycles. The lowest BCUT2D eigenvalue weighted by Crippen LogP contribution is -2.25. The Morgan fingerprint density at radius 1 is 1.28 bits per heavy atom. The van der Waals surface area contributed by atoms with Gasteiger partial charge in [0.2, 0.25) is 0 Å². The van der Waals surface area contributed by atoms with E-state index in [0.29, 0.717) is 17.6 Å². The second-order valence-corrected chi connectivity index (χ2v) is 6.66. The van der Waals surface area contributed by atoms with E-state index in [1.54, 1.807) is 31.2 Å². The number of hydrogen-bond acceptors (Lipinski definition) is 5. The van der Waals surface area contributed by atoms with Crippen molar-refractivity contribution in [2.45, 2.75) is 51.4 Å². The van der Waals surface area contributed by atoms with Crippen LogP contribution in [0.3, 0.4) is 0 Å². The molecule has 25 heavy (non-hydrogen) atoms. The SMILES string of the molecule is CCOC(=O)CC(c1c(O)c2ccccc2oc1=O)C1CCCCC1. The fourth-order valence-corrected chi connectivity index (χ4v) is 3.92. The quantitative estimate of drug-likeness (QED) is 0.652. The van der Waals surface area contributed by atoms with Crippen molar-refractivity contribution in [2.24, 2.45) is 5.92 Å². The van der Waals surface area contributed by atoms with E-state index >= 15 is 0 Å². The van der Waals surface area contributed by atoms with Gasteiger partial charge in [-0.1, -0.05) is 31.4 Å². The first-order valence-electron chi connectivity index (χ1n) is 9.02. The van der Waals surface area contributed by atoms with Crippen molar-refractivity contribution in [1.29, 1.82) is 0 Å². The molecule has 1 saturated carbocycles. The minimum atomic E-state index is -0.559. The zero-order valence-corrected chi connectivity index (χ0v) is 14.5. The van der Waals surface area contributed by atoms with E-state index in [1.807, 2.05) is 0 Å². The van der Waals surface area contributed by atoms with E-state index in [4.69, 9.17) is 9.15 Å². The minimum Gasteiger partial charge on any atom is -0.507 e. The fraction of sp³-hybridized carbons (Fsp3) is 0.500. The molecule has 1 aliphatic carbocycles. The topological polar surface area (TPSA) is 76.7 Å². The highest BCUT2D eigenvalue weighted by molar-refractivity contribution is 5.84. The largest absolute Gasteiger partial charge is 0.507 e. The Labute approximate surface area is 146 Å². The van der Waals surface area contributed by atoms with E-state index in [-0.39, 0.29) is 35.5 Å². The Morgan fingerprint density at radius 3 is 2.72 bits per heavy atom. The summed E-state index contributed by atoms with van der Waals surface area (Å²) in [6, 6.07) is 6.91. The van der Waals surface area contributed by atoms with E-state index in [0.717, 1.165) is 25.7 Å². The second kappa shape index (κ2) is 7.72. The van der Waals surface area contributed by atoms with Gasteiger partial charge in [-0.2, -0.15) is 0 Å². The number of carbonyl (C=O) groups excluding carboxylic acids is 1. The molecule has 0 saturated heterocycles. The number of esters is 1. The zero-order valence-electron chi connectivity index (χ0n) is 14.5. The van der Waals surface area contributed by atoms with Crippen molar-refractivity contribution in [2.75, 3.05) is 6.61 Å². The van der Waals surface area contributed by atoms with Crippen molar-refractivity contribution < 1.29 is 19.1 Å². The van der Waals surface area contributed by atoms with Gasteiger partial charge in [-0.15, -0.1) is 0 Å². The standard InChI is InChI=1S/C20H24O5/c1-2-24-17(21)12-15(13-8-4-3-5-9-13)18-19(22)14-10-6-7-11-16(14)25-20(18)23/h6-7,10-11,13,15,22H,2-5,8-9,12H2,1H3. The molecule has 3 rings (SSSR count). The Bertz CT molecular complexity index is 801. The van der Waals surface area contributed by atoms with Gasteiger partial charge in [-0.25, -0.2) is 4.79 Å². The minimum absolute atomic E-state index is 0.0632. The van der Waals surface area contributed by atoms with Gasteiger partial charge in [-0.05, 0) is 37.8 Å². The molecule has 0 radical (unpaired) electrons. The van der Waals surface area contributed by atoms with Crippen molar-refractivity contribution in [3.8, 4) is 5.75 Å². The molecular weight excluding hydrogens is 320 g/mol.